The maximum absolute atomic E-state index is 13.5. The number of aliphatic carboxylic acids is 1. The van der Waals surface area contributed by atoms with Crippen molar-refractivity contribution in [2.24, 2.45) is 0 Å². The number of aromatic nitrogens is 4. The van der Waals surface area contributed by atoms with E-state index in [1.807, 2.05) is 0 Å². The highest BCUT2D eigenvalue weighted by Gasteiger charge is 2.38. The van der Waals surface area contributed by atoms with Crippen molar-refractivity contribution in [1.82, 2.24) is 19.9 Å². The van der Waals surface area contributed by atoms with Gasteiger partial charge < -0.3 is 20.1 Å². The van der Waals surface area contributed by atoms with Crippen molar-refractivity contribution in [2.45, 2.75) is 38.0 Å². The van der Waals surface area contributed by atoms with Crippen LogP contribution in [0, 0.1) is 0 Å². The summed E-state index contributed by atoms with van der Waals surface area (Å²) in [6.07, 6.45) is -11.3. The summed E-state index contributed by atoms with van der Waals surface area (Å²) < 4.78 is 116. The molecule has 0 saturated heterocycles. The maximum atomic E-state index is 13.5. The number of nitrogens with one attached hydrogen (secondary N) is 1. The van der Waals surface area contributed by atoms with E-state index in [1.165, 1.54) is 25.4 Å². The predicted octanol–water partition coefficient (Wildman–Crippen LogP) is 5.43. The third kappa shape index (κ3) is 8.40. The molecular weight excluding hydrogens is 591 g/mol. The van der Waals surface area contributed by atoms with Crippen LogP contribution in [0.3, 0.4) is 0 Å². The molecule has 3 aromatic rings. The first-order valence-electron chi connectivity index (χ1n) is 11.8. The van der Waals surface area contributed by atoms with Crippen LogP contribution >= 0.6 is 0 Å². The number of carbonyl (C=O) groups is 1. The van der Waals surface area contributed by atoms with Gasteiger partial charge in [0.1, 0.15) is 23.9 Å². The van der Waals surface area contributed by atoms with Crippen LogP contribution in [-0.4, -0.2) is 57.4 Å². The summed E-state index contributed by atoms with van der Waals surface area (Å²) in [6, 6.07) is 4.30. The van der Waals surface area contributed by atoms with E-state index in [4.69, 9.17) is 14.6 Å². The van der Waals surface area contributed by atoms with E-state index in [0.29, 0.717) is 29.3 Å². The molecule has 4 heterocycles. The van der Waals surface area contributed by atoms with Crippen molar-refractivity contribution in [3.8, 4) is 0 Å². The van der Waals surface area contributed by atoms with Crippen LogP contribution in [0.1, 0.15) is 28.3 Å². The Balaban J connectivity index is 0.000000616. The molecule has 3 aromatic heterocycles. The minimum absolute atomic E-state index is 0.0788. The van der Waals surface area contributed by atoms with Crippen LogP contribution in [0.2, 0.25) is 0 Å². The number of carboxylic acid groups (broad SMARTS) is 1. The molecule has 228 valence electrons. The zero-order valence-corrected chi connectivity index (χ0v) is 21.4. The average Bonchev–Trinajstić information content (AvgIpc) is 3.11. The number of halogens is 9. The van der Waals surface area contributed by atoms with Gasteiger partial charge in [0.25, 0.3) is 0 Å². The summed E-state index contributed by atoms with van der Waals surface area (Å²) in [6.45, 7) is 0.521. The van der Waals surface area contributed by atoms with Gasteiger partial charge in [-0.05, 0) is 30.7 Å². The average molecular weight is 612 g/mol. The van der Waals surface area contributed by atoms with Gasteiger partial charge in [0.15, 0.2) is 5.82 Å². The minimum atomic E-state index is -5.08. The predicted molar refractivity (Wildman–Crippen MR) is 128 cm³/mol. The Morgan fingerprint density at radius 3 is 2.19 bits per heavy atom. The van der Waals surface area contributed by atoms with E-state index < -0.39 is 35.8 Å². The van der Waals surface area contributed by atoms with Gasteiger partial charge in [-0.1, -0.05) is 0 Å². The number of rotatable bonds is 5. The first-order valence-corrected chi connectivity index (χ1v) is 11.8. The monoisotopic (exact) mass is 612 g/mol. The highest BCUT2D eigenvalue weighted by atomic mass is 19.4. The van der Waals surface area contributed by atoms with Crippen LogP contribution in [0.4, 0.5) is 56.8 Å². The van der Waals surface area contributed by atoms with Gasteiger partial charge in [0.2, 0.25) is 0 Å². The molecule has 0 fully saturated rings. The number of hydrogen-bond donors (Lipinski definition) is 2. The molecule has 0 bridgehead atoms. The molecule has 0 aliphatic carbocycles. The van der Waals surface area contributed by atoms with E-state index in [1.54, 1.807) is 4.90 Å². The second-order valence-electron chi connectivity index (χ2n) is 8.56. The Morgan fingerprint density at radius 2 is 1.64 bits per heavy atom. The summed E-state index contributed by atoms with van der Waals surface area (Å²) in [4.78, 5) is 26.8. The number of ether oxygens (including phenoxy) is 1. The Kier molecular flexibility index (Phi) is 9.80. The van der Waals surface area contributed by atoms with Crippen LogP contribution in [-0.2, 0) is 41.3 Å². The van der Waals surface area contributed by atoms with E-state index >= 15 is 0 Å². The summed E-state index contributed by atoms with van der Waals surface area (Å²) in [5.41, 5.74) is -0.326. The minimum Gasteiger partial charge on any atom is -0.475 e. The Bertz CT molecular complexity index is 1380. The first kappa shape index (κ1) is 32.3. The molecule has 0 spiro atoms. The number of anilines is 3. The van der Waals surface area contributed by atoms with Gasteiger partial charge in [0.05, 0.1) is 23.1 Å². The van der Waals surface area contributed by atoms with Crippen LogP contribution < -0.4 is 10.2 Å². The molecule has 4 rings (SSSR count). The largest absolute Gasteiger partial charge is 0.490 e. The molecule has 0 saturated carbocycles. The van der Waals surface area contributed by atoms with E-state index in [0.717, 1.165) is 18.3 Å². The first-order chi connectivity index (χ1) is 19.5. The lowest BCUT2D eigenvalue weighted by molar-refractivity contribution is -0.192. The molecule has 0 amide bonds. The van der Waals surface area contributed by atoms with Gasteiger partial charge >= 0.3 is 24.5 Å². The molecule has 9 nitrogen and oxygen atoms in total. The molecule has 18 heteroatoms. The Hall–Kier alpha value is -4.22. The molecule has 0 aromatic carbocycles. The fourth-order valence-corrected chi connectivity index (χ4v) is 3.80. The van der Waals surface area contributed by atoms with Crippen molar-refractivity contribution >= 4 is 23.3 Å². The number of fused-ring (bicyclic) bond motifs is 1. The van der Waals surface area contributed by atoms with E-state index in [-0.39, 0.29) is 37.6 Å². The van der Waals surface area contributed by atoms with Gasteiger partial charge in [-0.15, -0.1) is 0 Å². The van der Waals surface area contributed by atoms with E-state index in [2.05, 4.69) is 25.3 Å². The lowest BCUT2D eigenvalue weighted by Gasteiger charge is -2.24. The molecule has 2 N–H and O–H groups in total. The second kappa shape index (κ2) is 12.7. The topological polar surface area (TPSA) is 113 Å². The Labute approximate surface area is 231 Å². The molecule has 1 aliphatic heterocycles. The van der Waals surface area contributed by atoms with Gasteiger partial charge in [-0.3, -0.25) is 0 Å². The molecule has 1 aliphatic rings. The Morgan fingerprint density at radius 1 is 0.976 bits per heavy atom. The van der Waals surface area contributed by atoms with E-state index in [9.17, 15) is 39.5 Å². The summed E-state index contributed by atoms with van der Waals surface area (Å²) in [5, 5.41) is 10.1. The number of hydrogen-bond acceptors (Lipinski definition) is 8. The third-order valence-corrected chi connectivity index (χ3v) is 5.61. The SMILES string of the molecule is COCc1nc2c(c(Nc3ccc(C(F)(F)F)nc3)n1)CCN(c1ncccc1C(F)(F)F)CC2.O=C(O)C(F)(F)F. The number of alkyl halides is 9. The lowest BCUT2D eigenvalue weighted by Crippen LogP contribution is -2.29. The van der Waals surface area contributed by atoms with Crippen LogP contribution in [0.15, 0.2) is 36.7 Å². The van der Waals surface area contributed by atoms with Crippen molar-refractivity contribution in [3.63, 3.8) is 0 Å². The third-order valence-electron chi connectivity index (χ3n) is 5.61. The molecule has 42 heavy (non-hydrogen) atoms. The summed E-state index contributed by atoms with van der Waals surface area (Å²) in [5.74, 6) is -2.26. The van der Waals surface area contributed by atoms with Gasteiger partial charge in [-0.25, -0.2) is 24.7 Å². The quantitative estimate of drug-likeness (QED) is 0.364. The van der Waals surface area contributed by atoms with Gasteiger partial charge in [0, 0.05) is 38.4 Å². The molecule has 0 radical (unpaired) electrons. The van der Waals surface area contributed by atoms with Crippen molar-refractivity contribution in [1.29, 1.82) is 0 Å². The standard InChI is InChI=1S/C22H20F6N6O.C2HF3O2/c1-35-12-18-32-16-7-10-34(20-15(21(23,24)25)3-2-8-29-20)9-6-14(16)19(33-18)31-13-4-5-17(30-11-13)22(26,27)28;3-2(4,5)1(6)7/h2-5,8,11H,6-7,9-10,12H2,1H3,(H,31,32,33);(H,6,7). The zero-order valence-electron chi connectivity index (χ0n) is 21.4. The van der Waals surface area contributed by atoms with Crippen LogP contribution in [0.25, 0.3) is 0 Å². The fourth-order valence-electron chi connectivity index (χ4n) is 3.80. The normalized spacial score (nSPS) is 13.9. The van der Waals surface area contributed by atoms with Crippen LogP contribution in [0.5, 0.6) is 0 Å². The van der Waals surface area contributed by atoms with Crippen molar-refractivity contribution < 1.29 is 54.2 Å². The lowest BCUT2D eigenvalue weighted by atomic mass is 10.1. The number of methoxy groups -OCH3 is 1. The molecule has 0 unspecified atom stereocenters. The molecular formula is C24H21F9N6O3. The summed E-state index contributed by atoms with van der Waals surface area (Å²) >= 11 is 0. The number of pyridine rings is 2. The second-order valence-corrected chi connectivity index (χ2v) is 8.56. The zero-order chi connectivity index (χ0) is 31.3. The smallest absolute Gasteiger partial charge is 0.475 e. The molecule has 0 atom stereocenters. The highest BCUT2D eigenvalue weighted by Crippen LogP contribution is 2.36. The fraction of sp³-hybridized carbons (Fsp3) is 0.375. The number of nitrogens with zero attached hydrogens (tertiary/aromatic N) is 5. The van der Waals surface area contributed by atoms with Crippen molar-refractivity contribution in [2.75, 3.05) is 30.4 Å². The van der Waals surface area contributed by atoms with Crippen molar-refractivity contribution in [3.05, 3.63) is 65.0 Å². The summed E-state index contributed by atoms with van der Waals surface area (Å²) in [7, 11) is 1.46. The highest BCUT2D eigenvalue weighted by molar-refractivity contribution is 5.73. The number of carboxylic acids is 1. The maximum Gasteiger partial charge on any atom is 0.490 e. The van der Waals surface area contributed by atoms with Gasteiger partial charge in [-0.2, -0.15) is 39.5 Å².